The van der Waals surface area contributed by atoms with E-state index < -0.39 is 6.09 Å². The van der Waals surface area contributed by atoms with Gasteiger partial charge in [-0.15, -0.1) is 0 Å². The fraction of sp³-hybridized carbons (Fsp3) is 0.111. The maximum absolute atomic E-state index is 10.1. The molecule has 0 saturated carbocycles. The van der Waals surface area contributed by atoms with E-state index in [1.165, 1.54) is 6.20 Å². The molecule has 5 nitrogen and oxygen atoms in total. The van der Waals surface area contributed by atoms with Crippen LogP contribution in [0.5, 0.6) is 0 Å². The average Bonchev–Trinajstić information content (AvgIpc) is 2.12. The molecular formula is C9H9N3O2. The highest BCUT2D eigenvalue weighted by Crippen LogP contribution is 2.01. The molecule has 0 aliphatic heterocycles. The molecule has 72 valence electrons. The molecule has 0 spiro atoms. The number of amides is 1. The molecule has 1 rings (SSSR count). The Morgan fingerprint density at radius 3 is 3.07 bits per heavy atom. The summed E-state index contributed by atoms with van der Waals surface area (Å²) in [6.07, 6.45) is 1.98. The Labute approximate surface area is 81.0 Å². The van der Waals surface area contributed by atoms with Gasteiger partial charge in [-0.25, -0.2) is 4.79 Å². The molecule has 4 N–H and O–H groups in total. The lowest BCUT2D eigenvalue weighted by Crippen LogP contribution is -2.20. The van der Waals surface area contributed by atoms with Crippen LogP contribution in [-0.4, -0.2) is 22.7 Å². The molecule has 1 aromatic heterocycles. The molecule has 0 aromatic carbocycles. The van der Waals surface area contributed by atoms with Crippen molar-refractivity contribution in [2.75, 3.05) is 12.3 Å². The van der Waals surface area contributed by atoms with E-state index in [-0.39, 0.29) is 6.54 Å². The highest BCUT2D eigenvalue weighted by Gasteiger charge is 1.89. The van der Waals surface area contributed by atoms with Crippen LogP contribution in [0.2, 0.25) is 0 Å². The van der Waals surface area contributed by atoms with E-state index in [0.29, 0.717) is 11.3 Å². The zero-order valence-electron chi connectivity index (χ0n) is 7.32. The Kier molecular flexibility index (Phi) is 3.33. The van der Waals surface area contributed by atoms with Crippen molar-refractivity contribution in [2.45, 2.75) is 0 Å². The van der Waals surface area contributed by atoms with E-state index in [1.54, 1.807) is 12.3 Å². The largest absolute Gasteiger partial charge is 0.465 e. The molecule has 0 aliphatic rings. The second-order valence-corrected chi connectivity index (χ2v) is 2.47. The van der Waals surface area contributed by atoms with Crippen molar-refractivity contribution in [3.8, 4) is 11.8 Å². The van der Waals surface area contributed by atoms with Gasteiger partial charge in [0.2, 0.25) is 0 Å². The second-order valence-electron chi connectivity index (χ2n) is 2.47. The third kappa shape index (κ3) is 3.45. The molecule has 5 heteroatoms. The summed E-state index contributed by atoms with van der Waals surface area (Å²) in [5.41, 5.74) is 6.67. The Hall–Kier alpha value is -2.22. The van der Waals surface area contributed by atoms with Gasteiger partial charge in [-0.2, -0.15) is 0 Å². The van der Waals surface area contributed by atoms with Crippen LogP contribution in [-0.2, 0) is 0 Å². The van der Waals surface area contributed by atoms with Crippen LogP contribution in [0.25, 0.3) is 0 Å². The number of hydrogen-bond acceptors (Lipinski definition) is 3. The van der Waals surface area contributed by atoms with Gasteiger partial charge in [0.1, 0.15) is 0 Å². The van der Waals surface area contributed by atoms with E-state index in [9.17, 15) is 4.79 Å². The van der Waals surface area contributed by atoms with Crippen LogP contribution >= 0.6 is 0 Å². The molecule has 0 atom stereocenters. The summed E-state index contributed by atoms with van der Waals surface area (Å²) in [6, 6.07) is 1.67. The Morgan fingerprint density at radius 2 is 2.43 bits per heavy atom. The summed E-state index contributed by atoms with van der Waals surface area (Å²) in [5, 5.41) is 10.4. The molecule has 1 heterocycles. The first kappa shape index (κ1) is 9.86. The van der Waals surface area contributed by atoms with Crippen molar-refractivity contribution in [3.63, 3.8) is 0 Å². The molecule has 0 bridgehead atoms. The van der Waals surface area contributed by atoms with Gasteiger partial charge in [-0.1, -0.05) is 11.8 Å². The number of hydrogen-bond donors (Lipinski definition) is 3. The quantitative estimate of drug-likeness (QED) is 0.556. The highest BCUT2D eigenvalue weighted by atomic mass is 16.4. The van der Waals surface area contributed by atoms with Gasteiger partial charge in [0, 0.05) is 18.0 Å². The average molecular weight is 191 g/mol. The topological polar surface area (TPSA) is 88.2 Å². The van der Waals surface area contributed by atoms with Gasteiger partial charge in [0.15, 0.2) is 0 Å². The predicted molar refractivity (Wildman–Crippen MR) is 51.6 cm³/mol. The minimum atomic E-state index is -1.09. The van der Waals surface area contributed by atoms with Crippen LogP contribution < -0.4 is 11.1 Å². The minimum Gasteiger partial charge on any atom is -0.465 e. The summed E-state index contributed by atoms with van der Waals surface area (Å²) in [4.78, 5) is 13.9. The molecule has 0 radical (unpaired) electrons. The third-order valence-electron chi connectivity index (χ3n) is 1.32. The van der Waals surface area contributed by atoms with E-state index >= 15 is 0 Å². The first-order valence-electron chi connectivity index (χ1n) is 3.84. The normalized spacial score (nSPS) is 8.57. The summed E-state index contributed by atoms with van der Waals surface area (Å²) in [7, 11) is 0. The summed E-state index contributed by atoms with van der Waals surface area (Å²) in [5.74, 6) is 5.35. The fourth-order valence-electron chi connectivity index (χ4n) is 0.792. The number of carbonyl (C=O) groups is 1. The summed E-state index contributed by atoms with van der Waals surface area (Å²) >= 11 is 0. The second kappa shape index (κ2) is 4.72. The lowest BCUT2D eigenvalue weighted by molar-refractivity contribution is 0.196. The number of carboxylic acid groups (broad SMARTS) is 1. The van der Waals surface area contributed by atoms with Crippen molar-refractivity contribution in [2.24, 2.45) is 0 Å². The first-order valence-corrected chi connectivity index (χ1v) is 3.84. The standard InChI is InChI=1S/C9H9N3O2/c10-8-4-7(5-11-6-8)2-1-3-12-9(13)14/h4-6,12H,3,10H2,(H,13,14). The third-order valence-corrected chi connectivity index (χ3v) is 1.32. The monoisotopic (exact) mass is 191 g/mol. The van der Waals surface area contributed by atoms with Crippen LogP contribution in [0, 0.1) is 11.8 Å². The Bertz CT molecular complexity index is 393. The molecule has 0 saturated heterocycles. The van der Waals surface area contributed by atoms with Crippen molar-refractivity contribution in [3.05, 3.63) is 24.0 Å². The number of aromatic nitrogens is 1. The Morgan fingerprint density at radius 1 is 1.64 bits per heavy atom. The summed E-state index contributed by atoms with van der Waals surface area (Å²) < 4.78 is 0. The van der Waals surface area contributed by atoms with E-state index in [0.717, 1.165) is 0 Å². The molecule has 14 heavy (non-hydrogen) atoms. The molecule has 0 fully saturated rings. The number of anilines is 1. The lowest BCUT2D eigenvalue weighted by atomic mass is 10.3. The van der Waals surface area contributed by atoms with Gasteiger partial charge in [0.25, 0.3) is 0 Å². The van der Waals surface area contributed by atoms with Gasteiger partial charge in [-0.05, 0) is 6.07 Å². The van der Waals surface area contributed by atoms with Gasteiger partial charge in [0.05, 0.1) is 12.2 Å². The smallest absolute Gasteiger partial charge is 0.405 e. The zero-order valence-corrected chi connectivity index (χ0v) is 7.32. The van der Waals surface area contributed by atoms with Gasteiger partial charge < -0.3 is 16.2 Å². The number of rotatable bonds is 1. The summed E-state index contributed by atoms with van der Waals surface area (Å²) in [6.45, 7) is 0.0874. The molecule has 1 amide bonds. The maximum atomic E-state index is 10.1. The SMILES string of the molecule is Nc1cncc(C#CCNC(=O)O)c1. The minimum absolute atomic E-state index is 0.0874. The zero-order chi connectivity index (χ0) is 10.4. The van der Waals surface area contributed by atoms with E-state index in [4.69, 9.17) is 10.8 Å². The number of nitrogens with two attached hydrogens (primary N) is 1. The fourth-order valence-corrected chi connectivity index (χ4v) is 0.792. The molecule has 0 unspecified atom stereocenters. The molecule has 1 aromatic rings. The van der Waals surface area contributed by atoms with Gasteiger partial charge >= 0.3 is 6.09 Å². The van der Waals surface area contributed by atoms with Crippen LogP contribution in [0.1, 0.15) is 5.56 Å². The van der Waals surface area contributed by atoms with Crippen LogP contribution in [0.15, 0.2) is 18.5 Å². The van der Waals surface area contributed by atoms with Crippen molar-refractivity contribution in [1.82, 2.24) is 10.3 Å². The number of nitrogens with one attached hydrogen (secondary N) is 1. The number of nitrogen functional groups attached to an aromatic ring is 1. The van der Waals surface area contributed by atoms with Crippen molar-refractivity contribution < 1.29 is 9.90 Å². The maximum Gasteiger partial charge on any atom is 0.405 e. The lowest BCUT2D eigenvalue weighted by Gasteiger charge is -1.92. The van der Waals surface area contributed by atoms with Crippen LogP contribution in [0.4, 0.5) is 10.5 Å². The van der Waals surface area contributed by atoms with Crippen LogP contribution in [0.3, 0.4) is 0 Å². The van der Waals surface area contributed by atoms with Crippen molar-refractivity contribution in [1.29, 1.82) is 0 Å². The number of pyridine rings is 1. The number of nitrogens with zero attached hydrogens (tertiary/aromatic N) is 1. The Balaban J connectivity index is 2.55. The molecular weight excluding hydrogens is 182 g/mol. The van der Waals surface area contributed by atoms with E-state index in [1.807, 2.05) is 0 Å². The first-order chi connectivity index (χ1) is 6.68. The highest BCUT2D eigenvalue weighted by molar-refractivity contribution is 5.64. The van der Waals surface area contributed by atoms with E-state index in [2.05, 4.69) is 22.1 Å². The van der Waals surface area contributed by atoms with Crippen molar-refractivity contribution >= 4 is 11.8 Å². The predicted octanol–water partition coefficient (Wildman–Crippen LogP) is 0.283. The molecule has 0 aliphatic carbocycles. The van der Waals surface area contributed by atoms with Gasteiger partial charge in [-0.3, -0.25) is 4.98 Å².